The van der Waals surface area contributed by atoms with Crippen LogP contribution in [0.25, 0.3) is 0 Å². The number of aryl methyl sites for hydroxylation is 2. The third-order valence-electron chi connectivity index (χ3n) is 3.32. The maximum absolute atomic E-state index is 5.55. The highest BCUT2D eigenvalue weighted by molar-refractivity contribution is 7.11. The number of hydrogen-bond donors (Lipinski definition) is 2. The minimum Gasteiger partial charge on any atom is -0.444 e. The summed E-state index contributed by atoms with van der Waals surface area (Å²) < 4.78 is 5.55. The number of nitrogens with one attached hydrogen (secondary N) is 2. The number of guanidine groups is 1. The highest BCUT2D eigenvalue weighted by Crippen LogP contribution is 2.16. The fourth-order valence-electron chi connectivity index (χ4n) is 2.04. The highest BCUT2D eigenvalue weighted by atomic mass is 32.1. The Labute approximate surface area is 141 Å². The molecule has 2 N–H and O–H groups in total. The van der Waals surface area contributed by atoms with Gasteiger partial charge in [-0.3, -0.25) is 4.99 Å². The average molecular weight is 335 g/mol. The van der Waals surface area contributed by atoms with Gasteiger partial charge in [0.1, 0.15) is 5.76 Å². The third-order valence-corrected chi connectivity index (χ3v) is 4.34. The zero-order valence-electron chi connectivity index (χ0n) is 14.4. The third kappa shape index (κ3) is 5.35. The Kier molecular flexibility index (Phi) is 6.15. The molecule has 126 valence electrons. The summed E-state index contributed by atoms with van der Waals surface area (Å²) in [5.74, 6) is 2.87. The highest BCUT2D eigenvalue weighted by Gasteiger charge is 2.08. The van der Waals surface area contributed by atoms with Crippen molar-refractivity contribution >= 4 is 17.3 Å². The van der Waals surface area contributed by atoms with Crippen molar-refractivity contribution in [2.24, 2.45) is 10.9 Å². The molecule has 0 aliphatic carbocycles. The molecule has 0 bridgehead atoms. The lowest BCUT2D eigenvalue weighted by Crippen LogP contribution is -2.36. The SMILES string of the molecule is CN=C(NCc1nc(C)c(C)o1)NCc1cnc(CC(C)C)s1. The van der Waals surface area contributed by atoms with Gasteiger partial charge in [-0.15, -0.1) is 11.3 Å². The maximum atomic E-state index is 5.55. The number of aliphatic imine (C=N–C) groups is 1. The molecule has 2 aromatic rings. The van der Waals surface area contributed by atoms with Gasteiger partial charge in [-0.25, -0.2) is 9.97 Å². The van der Waals surface area contributed by atoms with Crippen LogP contribution in [0.1, 0.15) is 41.1 Å². The zero-order chi connectivity index (χ0) is 16.8. The van der Waals surface area contributed by atoms with Crippen LogP contribution in [0.4, 0.5) is 0 Å². The first-order valence-corrected chi connectivity index (χ1v) is 8.60. The van der Waals surface area contributed by atoms with Crippen LogP contribution in [-0.4, -0.2) is 23.0 Å². The van der Waals surface area contributed by atoms with Crippen LogP contribution in [0.3, 0.4) is 0 Å². The van der Waals surface area contributed by atoms with Gasteiger partial charge in [0.05, 0.1) is 23.8 Å². The minimum atomic E-state index is 0.510. The predicted octanol–water partition coefficient (Wildman–Crippen LogP) is 2.81. The molecule has 0 aliphatic heterocycles. The van der Waals surface area contributed by atoms with E-state index in [9.17, 15) is 0 Å². The molecule has 0 radical (unpaired) electrons. The normalized spacial score (nSPS) is 12.0. The molecule has 6 nitrogen and oxygen atoms in total. The minimum absolute atomic E-state index is 0.510. The van der Waals surface area contributed by atoms with Gasteiger partial charge in [0.2, 0.25) is 5.89 Å². The predicted molar refractivity (Wildman–Crippen MR) is 93.7 cm³/mol. The summed E-state index contributed by atoms with van der Waals surface area (Å²) in [4.78, 5) is 14.2. The lowest BCUT2D eigenvalue weighted by molar-refractivity contribution is 0.463. The molecule has 23 heavy (non-hydrogen) atoms. The van der Waals surface area contributed by atoms with Crippen LogP contribution >= 0.6 is 11.3 Å². The van der Waals surface area contributed by atoms with Crippen LogP contribution < -0.4 is 10.6 Å². The summed E-state index contributed by atoms with van der Waals surface area (Å²) >= 11 is 1.75. The molecule has 0 aliphatic rings. The first-order valence-electron chi connectivity index (χ1n) is 7.79. The van der Waals surface area contributed by atoms with Crippen LogP contribution in [0.15, 0.2) is 15.6 Å². The molecule has 2 heterocycles. The first-order chi connectivity index (χ1) is 11.0. The molecule has 7 heteroatoms. The van der Waals surface area contributed by atoms with E-state index < -0.39 is 0 Å². The van der Waals surface area contributed by atoms with Crippen molar-refractivity contribution in [2.75, 3.05) is 7.05 Å². The average Bonchev–Trinajstić information content (AvgIpc) is 3.06. The number of rotatable bonds is 6. The molecule has 0 saturated heterocycles. The molecular formula is C16H25N5OS. The molecular weight excluding hydrogens is 310 g/mol. The molecule has 0 amide bonds. The fraction of sp³-hybridized carbons (Fsp3) is 0.562. The summed E-state index contributed by atoms with van der Waals surface area (Å²) in [5.41, 5.74) is 0.923. The lowest BCUT2D eigenvalue weighted by atomic mass is 10.1. The van der Waals surface area contributed by atoms with Gasteiger partial charge in [-0.1, -0.05) is 13.8 Å². The van der Waals surface area contributed by atoms with Crippen LogP contribution in [0.5, 0.6) is 0 Å². The number of hydrogen-bond acceptors (Lipinski definition) is 5. The fourth-order valence-corrected chi connectivity index (χ4v) is 3.11. The van der Waals surface area contributed by atoms with Gasteiger partial charge in [-0.2, -0.15) is 0 Å². The van der Waals surface area contributed by atoms with Crippen LogP contribution in [0, 0.1) is 19.8 Å². The van der Waals surface area contributed by atoms with E-state index >= 15 is 0 Å². The monoisotopic (exact) mass is 335 g/mol. The van der Waals surface area contributed by atoms with Gasteiger partial charge >= 0.3 is 0 Å². The summed E-state index contributed by atoms with van der Waals surface area (Å²) in [7, 11) is 1.75. The van der Waals surface area contributed by atoms with Crippen molar-refractivity contribution in [3.8, 4) is 0 Å². The number of aromatic nitrogens is 2. The quantitative estimate of drug-likeness (QED) is 0.627. The van der Waals surface area contributed by atoms with Crippen molar-refractivity contribution in [3.63, 3.8) is 0 Å². The van der Waals surface area contributed by atoms with E-state index in [0.717, 1.165) is 23.8 Å². The van der Waals surface area contributed by atoms with Crippen LogP contribution in [0.2, 0.25) is 0 Å². The van der Waals surface area contributed by atoms with Crippen molar-refractivity contribution in [3.05, 3.63) is 33.4 Å². The van der Waals surface area contributed by atoms with Crippen molar-refractivity contribution in [1.29, 1.82) is 0 Å². The molecule has 0 aromatic carbocycles. The summed E-state index contributed by atoms with van der Waals surface area (Å²) in [6.07, 6.45) is 2.96. The molecule has 0 atom stereocenters. The molecule has 2 rings (SSSR count). The number of oxazole rings is 1. The van der Waals surface area contributed by atoms with Gasteiger partial charge < -0.3 is 15.1 Å². The van der Waals surface area contributed by atoms with Crippen molar-refractivity contribution in [2.45, 2.75) is 47.2 Å². The smallest absolute Gasteiger partial charge is 0.214 e. The summed E-state index contributed by atoms with van der Waals surface area (Å²) in [5, 5.41) is 7.67. The molecule has 0 unspecified atom stereocenters. The van der Waals surface area contributed by atoms with Gasteiger partial charge in [0.25, 0.3) is 0 Å². The first kappa shape index (κ1) is 17.5. The second-order valence-corrected chi connectivity index (χ2v) is 7.05. The van der Waals surface area contributed by atoms with E-state index in [1.165, 1.54) is 9.88 Å². The summed E-state index contributed by atoms with van der Waals surface area (Å²) in [6, 6.07) is 0. The number of nitrogens with zero attached hydrogens (tertiary/aromatic N) is 3. The molecule has 2 aromatic heterocycles. The molecule has 0 saturated carbocycles. The van der Waals surface area contributed by atoms with Crippen LogP contribution in [-0.2, 0) is 19.5 Å². The van der Waals surface area contributed by atoms with Crippen molar-refractivity contribution < 1.29 is 4.42 Å². The summed E-state index contributed by atoms with van der Waals surface area (Å²) in [6.45, 7) is 9.48. The maximum Gasteiger partial charge on any atom is 0.214 e. The Morgan fingerprint density at radius 1 is 1.30 bits per heavy atom. The Hall–Kier alpha value is -1.89. The standard InChI is InChI=1S/C16H25N5OS/c1-10(2)6-15-18-7-13(23-15)8-19-16(17-5)20-9-14-21-11(3)12(4)22-14/h7,10H,6,8-9H2,1-5H3,(H2,17,19,20). The van der Waals surface area contributed by atoms with E-state index in [-0.39, 0.29) is 0 Å². The van der Waals surface area contributed by atoms with E-state index in [0.29, 0.717) is 24.9 Å². The van der Waals surface area contributed by atoms with Crippen molar-refractivity contribution in [1.82, 2.24) is 20.6 Å². The van der Waals surface area contributed by atoms with Gasteiger partial charge in [-0.05, 0) is 19.8 Å². The lowest BCUT2D eigenvalue weighted by Gasteiger charge is -2.09. The van der Waals surface area contributed by atoms with E-state index in [2.05, 4.69) is 39.4 Å². The largest absolute Gasteiger partial charge is 0.444 e. The van der Waals surface area contributed by atoms with E-state index in [1.54, 1.807) is 18.4 Å². The molecule has 0 spiro atoms. The van der Waals surface area contributed by atoms with Gasteiger partial charge in [0, 0.05) is 24.5 Å². The second-order valence-electron chi connectivity index (χ2n) is 5.85. The Balaban J connectivity index is 1.82. The van der Waals surface area contributed by atoms with E-state index in [4.69, 9.17) is 4.42 Å². The van der Waals surface area contributed by atoms with E-state index in [1.807, 2.05) is 20.0 Å². The molecule has 0 fully saturated rings. The second kappa shape index (κ2) is 8.10. The Morgan fingerprint density at radius 3 is 2.65 bits per heavy atom. The zero-order valence-corrected chi connectivity index (χ0v) is 15.3. The number of thiazole rings is 1. The van der Waals surface area contributed by atoms with Gasteiger partial charge in [0.15, 0.2) is 5.96 Å². The Bertz CT molecular complexity index is 640. The Morgan fingerprint density at radius 2 is 2.04 bits per heavy atom. The topological polar surface area (TPSA) is 75.3 Å².